The van der Waals surface area contributed by atoms with Crippen molar-refractivity contribution in [3.8, 4) is 0 Å². The summed E-state index contributed by atoms with van der Waals surface area (Å²) in [5.74, 6) is 0.0805. The highest BCUT2D eigenvalue weighted by molar-refractivity contribution is 6.07. The lowest BCUT2D eigenvalue weighted by molar-refractivity contribution is -0.129. The number of piperidine rings is 1. The van der Waals surface area contributed by atoms with E-state index in [1.807, 2.05) is 47.4 Å². The first-order valence-electron chi connectivity index (χ1n) is 7.69. The lowest BCUT2D eigenvalue weighted by atomic mass is 10.0. The summed E-state index contributed by atoms with van der Waals surface area (Å²) in [4.78, 5) is 25.7. The molecule has 4 heteroatoms. The quantitative estimate of drug-likeness (QED) is 0.926. The number of hydrogen-bond acceptors (Lipinski definition) is 2. The van der Waals surface area contributed by atoms with Crippen molar-refractivity contribution >= 4 is 22.6 Å². The van der Waals surface area contributed by atoms with E-state index in [0.29, 0.717) is 5.56 Å². The molecule has 0 bridgehead atoms. The monoisotopic (exact) mass is 296 g/mol. The van der Waals surface area contributed by atoms with Gasteiger partial charge in [-0.05, 0) is 29.7 Å². The third-order valence-electron chi connectivity index (χ3n) is 4.31. The topological polar surface area (TPSA) is 49.4 Å². The van der Waals surface area contributed by atoms with Crippen molar-refractivity contribution in [1.82, 2.24) is 10.2 Å². The Kier molecular flexibility index (Phi) is 4.09. The molecule has 0 saturated carbocycles. The molecule has 2 aromatic carbocycles. The van der Waals surface area contributed by atoms with E-state index in [0.717, 1.165) is 36.7 Å². The van der Waals surface area contributed by atoms with E-state index >= 15 is 0 Å². The average molecular weight is 296 g/mol. The first-order valence-corrected chi connectivity index (χ1v) is 7.69. The van der Waals surface area contributed by atoms with Gasteiger partial charge < -0.3 is 10.2 Å². The van der Waals surface area contributed by atoms with E-state index in [1.54, 1.807) is 6.92 Å². The van der Waals surface area contributed by atoms with Gasteiger partial charge in [-0.15, -0.1) is 0 Å². The highest BCUT2D eigenvalue weighted by Crippen LogP contribution is 2.19. The number of carbonyl (C=O) groups excluding carboxylic acids is 2. The number of benzene rings is 2. The molecule has 0 aromatic heterocycles. The van der Waals surface area contributed by atoms with Crippen molar-refractivity contribution in [3.63, 3.8) is 0 Å². The zero-order chi connectivity index (χ0) is 15.5. The van der Waals surface area contributed by atoms with Gasteiger partial charge >= 0.3 is 0 Å². The fourth-order valence-electron chi connectivity index (χ4n) is 3.03. The third-order valence-corrected chi connectivity index (χ3v) is 4.31. The summed E-state index contributed by atoms with van der Waals surface area (Å²) in [6, 6.07) is 13.8. The Morgan fingerprint density at radius 2 is 1.73 bits per heavy atom. The van der Waals surface area contributed by atoms with Crippen LogP contribution in [0.25, 0.3) is 10.8 Å². The summed E-state index contributed by atoms with van der Waals surface area (Å²) in [6.07, 6.45) is 1.63. The molecule has 4 nitrogen and oxygen atoms in total. The fourth-order valence-corrected chi connectivity index (χ4v) is 3.03. The van der Waals surface area contributed by atoms with Gasteiger partial charge in [0.25, 0.3) is 5.91 Å². The molecule has 114 valence electrons. The van der Waals surface area contributed by atoms with Gasteiger partial charge in [-0.1, -0.05) is 36.4 Å². The van der Waals surface area contributed by atoms with E-state index in [-0.39, 0.29) is 17.9 Å². The highest BCUT2D eigenvalue weighted by atomic mass is 16.2. The summed E-state index contributed by atoms with van der Waals surface area (Å²) in [6.45, 7) is 3.03. The molecule has 1 N–H and O–H groups in total. The first kappa shape index (κ1) is 14.6. The molecular weight excluding hydrogens is 276 g/mol. The zero-order valence-corrected chi connectivity index (χ0v) is 12.7. The summed E-state index contributed by atoms with van der Waals surface area (Å²) >= 11 is 0. The summed E-state index contributed by atoms with van der Waals surface area (Å²) in [5, 5.41) is 5.16. The normalized spacial score (nSPS) is 15.8. The molecule has 3 rings (SSSR count). The van der Waals surface area contributed by atoms with Crippen LogP contribution in [-0.4, -0.2) is 35.8 Å². The lowest BCUT2D eigenvalue weighted by Crippen LogP contribution is -2.46. The maximum Gasteiger partial charge on any atom is 0.252 e. The summed E-state index contributed by atoms with van der Waals surface area (Å²) in [7, 11) is 0. The van der Waals surface area contributed by atoms with Gasteiger partial charge in [0.05, 0.1) is 0 Å². The highest BCUT2D eigenvalue weighted by Gasteiger charge is 2.22. The van der Waals surface area contributed by atoms with Crippen LogP contribution in [0, 0.1) is 0 Å². The van der Waals surface area contributed by atoms with Crippen LogP contribution in [0.4, 0.5) is 0 Å². The van der Waals surface area contributed by atoms with Gasteiger partial charge in [-0.3, -0.25) is 9.59 Å². The maximum absolute atomic E-state index is 12.6. The van der Waals surface area contributed by atoms with Crippen LogP contribution in [0.2, 0.25) is 0 Å². The summed E-state index contributed by atoms with van der Waals surface area (Å²) in [5.41, 5.74) is 0.715. The van der Waals surface area contributed by atoms with E-state index in [1.165, 1.54) is 0 Å². The Morgan fingerprint density at radius 1 is 1.05 bits per heavy atom. The fraction of sp³-hybridized carbons (Fsp3) is 0.333. The number of nitrogens with zero attached hydrogens (tertiary/aromatic N) is 1. The van der Waals surface area contributed by atoms with Gasteiger partial charge in [0.2, 0.25) is 5.91 Å². The smallest absolute Gasteiger partial charge is 0.252 e. The van der Waals surface area contributed by atoms with Crippen LogP contribution in [0.3, 0.4) is 0 Å². The van der Waals surface area contributed by atoms with E-state index in [2.05, 4.69) is 5.32 Å². The van der Waals surface area contributed by atoms with E-state index < -0.39 is 0 Å². The predicted octanol–water partition coefficient (Wildman–Crippen LogP) is 2.58. The molecule has 1 fully saturated rings. The second-order valence-corrected chi connectivity index (χ2v) is 5.78. The number of likely N-dealkylation sites (tertiary alicyclic amines) is 1. The van der Waals surface area contributed by atoms with Crippen molar-refractivity contribution in [2.24, 2.45) is 0 Å². The Balaban J connectivity index is 1.71. The molecule has 0 aliphatic carbocycles. The number of nitrogens with one attached hydrogen (secondary N) is 1. The number of amides is 2. The molecule has 0 radical (unpaired) electrons. The lowest BCUT2D eigenvalue weighted by Gasteiger charge is -2.31. The predicted molar refractivity (Wildman–Crippen MR) is 86.7 cm³/mol. The molecule has 0 unspecified atom stereocenters. The van der Waals surface area contributed by atoms with Crippen LogP contribution in [-0.2, 0) is 4.79 Å². The minimum atomic E-state index is -0.0296. The van der Waals surface area contributed by atoms with E-state index in [4.69, 9.17) is 0 Å². The van der Waals surface area contributed by atoms with Crippen molar-refractivity contribution in [2.75, 3.05) is 13.1 Å². The largest absolute Gasteiger partial charge is 0.349 e. The van der Waals surface area contributed by atoms with Gasteiger partial charge in [-0.25, -0.2) is 0 Å². The maximum atomic E-state index is 12.6. The molecule has 1 aliphatic heterocycles. The van der Waals surface area contributed by atoms with Gasteiger partial charge in [0.1, 0.15) is 0 Å². The van der Waals surface area contributed by atoms with Gasteiger partial charge in [0, 0.05) is 31.6 Å². The number of fused-ring (bicyclic) bond motifs is 1. The molecule has 1 saturated heterocycles. The molecule has 22 heavy (non-hydrogen) atoms. The SMILES string of the molecule is CC(=O)N1CCC(NC(=O)c2cccc3ccccc23)CC1. The van der Waals surface area contributed by atoms with Crippen LogP contribution < -0.4 is 5.32 Å². The molecule has 2 amide bonds. The molecule has 0 atom stereocenters. The Labute approximate surface area is 130 Å². The van der Waals surface area contributed by atoms with Gasteiger partial charge in [0.15, 0.2) is 0 Å². The van der Waals surface area contributed by atoms with Crippen molar-refractivity contribution < 1.29 is 9.59 Å². The van der Waals surface area contributed by atoms with Crippen molar-refractivity contribution in [3.05, 3.63) is 48.0 Å². The number of carbonyl (C=O) groups is 2. The van der Waals surface area contributed by atoms with Crippen LogP contribution in [0.5, 0.6) is 0 Å². The minimum absolute atomic E-state index is 0.0296. The Morgan fingerprint density at radius 3 is 2.45 bits per heavy atom. The number of hydrogen-bond donors (Lipinski definition) is 1. The molecular formula is C18H20N2O2. The van der Waals surface area contributed by atoms with Crippen molar-refractivity contribution in [1.29, 1.82) is 0 Å². The average Bonchev–Trinajstić information content (AvgIpc) is 2.54. The second kappa shape index (κ2) is 6.18. The third kappa shape index (κ3) is 2.96. The second-order valence-electron chi connectivity index (χ2n) is 5.78. The number of rotatable bonds is 2. The van der Waals surface area contributed by atoms with Crippen molar-refractivity contribution in [2.45, 2.75) is 25.8 Å². The Hall–Kier alpha value is -2.36. The van der Waals surface area contributed by atoms with Crippen LogP contribution in [0.1, 0.15) is 30.1 Å². The molecule has 1 aliphatic rings. The Bertz CT molecular complexity index is 698. The standard InChI is InChI=1S/C18H20N2O2/c1-13(21)20-11-9-15(10-12-20)19-18(22)17-8-4-6-14-5-2-3-7-16(14)17/h2-8,15H,9-12H2,1H3,(H,19,22). The van der Waals surface area contributed by atoms with Crippen LogP contribution in [0.15, 0.2) is 42.5 Å². The van der Waals surface area contributed by atoms with Crippen LogP contribution >= 0.6 is 0 Å². The molecule has 0 spiro atoms. The van der Waals surface area contributed by atoms with Gasteiger partial charge in [-0.2, -0.15) is 0 Å². The zero-order valence-electron chi connectivity index (χ0n) is 12.7. The molecule has 1 heterocycles. The first-order chi connectivity index (χ1) is 10.6. The summed E-state index contributed by atoms with van der Waals surface area (Å²) < 4.78 is 0. The minimum Gasteiger partial charge on any atom is -0.349 e. The molecule has 2 aromatic rings. The van der Waals surface area contributed by atoms with E-state index in [9.17, 15) is 9.59 Å².